The van der Waals surface area contributed by atoms with E-state index in [1.807, 2.05) is 35.4 Å². The van der Waals surface area contributed by atoms with Crippen LogP contribution in [0.1, 0.15) is 18.4 Å². The van der Waals surface area contributed by atoms with E-state index in [-0.39, 0.29) is 12.5 Å². The molecule has 1 heterocycles. The summed E-state index contributed by atoms with van der Waals surface area (Å²) in [4.78, 5) is 18.6. The first-order chi connectivity index (χ1) is 11.7. The highest BCUT2D eigenvalue weighted by atomic mass is 16.5. The number of aromatic nitrogens is 1. The van der Waals surface area contributed by atoms with Crippen LogP contribution in [0.3, 0.4) is 0 Å². The highest BCUT2D eigenvalue weighted by Crippen LogP contribution is 2.29. The predicted octanol–water partition coefficient (Wildman–Crippen LogP) is 2.21. The molecule has 1 fully saturated rings. The number of carbonyl (C=O) groups is 1. The van der Waals surface area contributed by atoms with Gasteiger partial charge in [0.05, 0.1) is 6.61 Å². The van der Waals surface area contributed by atoms with Gasteiger partial charge in [-0.25, -0.2) is 0 Å². The highest BCUT2D eigenvalue weighted by Gasteiger charge is 2.34. The van der Waals surface area contributed by atoms with Crippen LogP contribution in [-0.2, 0) is 16.1 Å². The lowest BCUT2D eigenvalue weighted by molar-refractivity contribution is -0.135. The molecule has 5 heteroatoms. The lowest BCUT2D eigenvalue weighted by atomic mass is 10.0. The van der Waals surface area contributed by atoms with Gasteiger partial charge in [0.2, 0.25) is 5.91 Å². The summed E-state index contributed by atoms with van der Waals surface area (Å²) in [6.45, 7) is 0.826. The van der Waals surface area contributed by atoms with Crippen LogP contribution < -0.4 is 5.73 Å². The Hall–Kier alpha value is -2.24. The fraction of sp³-hybridized carbons (Fsp3) is 0.368. The zero-order chi connectivity index (χ0) is 16.9. The normalized spacial score (nSPS) is 15.1. The summed E-state index contributed by atoms with van der Waals surface area (Å²) in [5, 5.41) is 0. The molecule has 1 aliphatic rings. The van der Waals surface area contributed by atoms with Gasteiger partial charge in [0.1, 0.15) is 6.04 Å². The van der Waals surface area contributed by atoms with Gasteiger partial charge in [0, 0.05) is 32.1 Å². The van der Waals surface area contributed by atoms with Gasteiger partial charge in [-0.2, -0.15) is 0 Å². The maximum Gasteiger partial charge on any atom is 0.242 e. The standard InChI is InChI=1S/C19H23N3O2/c1-24-13-18(20)19(23)22(17-7-8-17)12-14-4-2-5-15(10-14)16-6-3-9-21-11-16/h2-6,9-11,17-18H,7-8,12-13,20H2,1H3. The molecule has 1 atom stereocenters. The number of benzene rings is 1. The molecule has 1 unspecified atom stereocenters. The van der Waals surface area contributed by atoms with Crippen molar-refractivity contribution in [3.05, 3.63) is 54.4 Å². The number of nitrogens with zero attached hydrogens (tertiary/aromatic N) is 2. The second-order valence-electron chi connectivity index (χ2n) is 6.20. The Kier molecular flexibility index (Phi) is 5.23. The van der Waals surface area contributed by atoms with Gasteiger partial charge in [-0.05, 0) is 41.7 Å². The average molecular weight is 325 g/mol. The van der Waals surface area contributed by atoms with E-state index in [1.165, 1.54) is 0 Å². The van der Waals surface area contributed by atoms with E-state index in [0.29, 0.717) is 12.6 Å². The van der Waals surface area contributed by atoms with Gasteiger partial charge >= 0.3 is 0 Å². The summed E-state index contributed by atoms with van der Waals surface area (Å²) in [7, 11) is 1.56. The summed E-state index contributed by atoms with van der Waals surface area (Å²) < 4.78 is 5.02. The van der Waals surface area contributed by atoms with Gasteiger partial charge in [0.25, 0.3) is 0 Å². The van der Waals surface area contributed by atoms with Crippen LogP contribution in [0.4, 0.5) is 0 Å². The molecule has 1 aromatic carbocycles. The summed E-state index contributed by atoms with van der Waals surface area (Å²) in [6.07, 6.45) is 5.71. The van der Waals surface area contributed by atoms with E-state index in [4.69, 9.17) is 10.5 Å². The van der Waals surface area contributed by atoms with Crippen molar-refractivity contribution in [1.82, 2.24) is 9.88 Å². The molecule has 0 aliphatic heterocycles. The predicted molar refractivity (Wildman–Crippen MR) is 93.1 cm³/mol. The summed E-state index contributed by atoms with van der Waals surface area (Å²) in [5.74, 6) is -0.0360. The minimum absolute atomic E-state index is 0.0360. The van der Waals surface area contributed by atoms with Crippen LogP contribution in [0.5, 0.6) is 0 Å². The molecule has 0 radical (unpaired) electrons. The van der Waals surface area contributed by atoms with Crippen molar-refractivity contribution < 1.29 is 9.53 Å². The van der Waals surface area contributed by atoms with Crippen molar-refractivity contribution in [1.29, 1.82) is 0 Å². The van der Waals surface area contributed by atoms with Crippen LogP contribution in [0, 0.1) is 0 Å². The van der Waals surface area contributed by atoms with Crippen molar-refractivity contribution in [2.75, 3.05) is 13.7 Å². The van der Waals surface area contributed by atoms with E-state index in [1.54, 1.807) is 13.3 Å². The molecular formula is C19H23N3O2. The number of ether oxygens (including phenoxy) is 1. The zero-order valence-electron chi connectivity index (χ0n) is 13.9. The van der Waals surface area contributed by atoms with E-state index >= 15 is 0 Å². The first-order valence-corrected chi connectivity index (χ1v) is 8.23. The Bertz CT molecular complexity index is 686. The fourth-order valence-corrected chi connectivity index (χ4v) is 2.82. The molecule has 0 saturated heterocycles. The zero-order valence-corrected chi connectivity index (χ0v) is 13.9. The number of hydrogen-bond donors (Lipinski definition) is 1. The summed E-state index contributed by atoms with van der Waals surface area (Å²) >= 11 is 0. The van der Waals surface area contributed by atoms with Crippen LogP contribution in [0.25, 0.3) is 11.1 Å². The van der Waals surface area contributed by atoms with Gasteiger partial charge in [-0.3, -0.25) is 9.78 Å². The minimum atomic E-state index is -0.600. The largest absolute Gasteiger partial charge is 0.383 e. The first kappa shape index (κ1) is 16.6. The van der Waals surface area contributed by atoms with Crippen LogP contribution in [-0.4, -0.2) is 41.6 Å². The molecular weight excluding hydrogens is 302 g/mol. The maximum absolute atomic E-state index is 12.6. The second-order valence-corrected chi connectivity index (χ2v) is 6.20. The maximum atomic E-state index is 12.6. The fourth-order valence-electron chi connectivity index (χ4n) is 2.82. The smallest absolute Gasteiger partial charge is 0.242 e. The second kappa shape index (κ2) is 7.55. The lowest BCUT2D eigenvalue weighted by Crippen LogP contribution is -2.46. The van der Waals surface area contributed by atoms with Gasteiger partial charge < -0.3 is 15.4 Å². The quantitative estimate of drug-likeness (QED) is 0.847. The number of hydrogen-bond acceptors (Lipinski definition) is 4. The Balaban J connectivity index is 1.77. The number of rotatable bonds is 7. The molecule has 1 amide bonds. The van der Waals surface area contributed by atoms with E-state index in [2.05, 4.69) is 17.1 Å². The number of nitrogens with two attached hydrogens (primary N) is 1. The molecule has 0 bridgehead atoms. The molecule has 1 aliphatic carbocycles. The van der Waals surface area contributed by atoms with Crippen molar-refractivity contribution in [3.8, 4) is 11.1 Å². The third-order valence-corrected chi connectivity index (χ3v) is 4.21. The van der Waals surface area contributed by atoms with Crippen LogP contribution in [0.15, 0.2) is 48.8 Å². The molecule has 3 rings (SSSR count). The lowest BCUT2D eigenvalue weighted by Gasteiger charge is -2.25. The third-order valence-electron chi connectivity index (χ3n) is 4.21. The molecule has 0 spiro atoms. The SMILES string of the molecule is COCC(N)C(=O)N(Cc1cccc(-c2cccnc2)c1)C1CC1. The molecule has 5 nitrogen and oxygen atoms in total. The monoisotopic (exact) mass is 325 g/mol. The van der Waals surface area contributed by atoms with Crippen molar-refractivity contribution in [2.24, 2.45) is 5.73 Å². The summed E-state index contributed by atoms with van der Waals surface area (Å²) in [6, 6.07) is 11.9. The van der Waals surface area contributed by atoms with Gasteiger partial charge in [0.15, 0.2) is 0 Å². The molecule has 24 heavy (non-hydrogen) atoms. The first-order valence-electron chi connectivity index (χ1n) is 8.23. The Labute approximate surface area is 142 Å². The van der Waals surface area contributed by atoms with Crippen molar-refractivity contribution in [3.63, 3.8) is 0 Å². The Morgan fingerprint density at radius 2 is 2.12 bits per heavy atom. The molecule has 1 saturated carbocycles. The van der Waals surface area contributed by atoms with E-state index < -0.39 is 6.04 Å². The Morgan fingerprint density at radius 3 is 2.79 bits per heavy atom. The third kappa shape index (κ3) is 3.99. The highest BCUT2D eigenvalue weighted by molar-refractivity contribution is 5.82. The van der Waals surface area contributed by atoms with Crippen molar-refractivity contribution >= 4 is 5.91 Å². The molecule has 2 N–H and O–H groups in total. The van der Waals surface area contributed by atoms with Crippen LogP contribution in [0.2, 0.25) is 0 Å². The number of methoxy groups -OCH3 is 1. The number of pyridine rings is 1. The Morgan fingerprint density at radius 1 is 1.33 bits per heavy atom. The van der Waals surface area contributed by atoms with Gasteiger partial charge in [-0.15, -0.1) is 0 Å². The minimum Gasteiger partial charge on any atom is -0.383 e. The number of amides is 1. The number of carbonyl (C=O) groups excluding carboxylic acids is 1. The summed E-state index contributed by atoms with van der Waals surface area (Å²) in [5.41, 5.74) is 9.21. The molecule has 2 aromatic rings. The van der Waals surface area contributed by atoms with E-state index in [9.17, 15) is 4.79 Å². The topological polar surface area (TPSA) is 68.5 Å². The van der Waals surface area contributed by atoms with Gasteiger partial charge in [-0.1, -0.05) is 24.3 Å². The van der Waals surface area contributed by atoms with Crippen LogP contribution >= 0.6 is 0 Å². The molecule has 126 valence electrons. The molecule has 1 aromatic heterocycles. The average Bonchev–Trinajstić information content (AvgIpc) is 3.45. The van der Waals surface area contributed by atoms with E-state index in [0.717, 1.165) is 29.5 Å². The van der Waals surface area contributed by atoms with Crippen molar-refractivity contribution in [2.45, 2.75) is 31.5 Å².